The molecule has 22 heavy (non-hydrogen) atoms. The Balaban J connectivity index is 1.81. The van der Waals surface area contributed by atoms with Crippen molar-refractivity contribution in [2.75, 3.05) is 19.0 Å². The van der Waals surface area contributed by atoms with E-state index in [1.807, 2.05) is 17.0 Å². The van der Waals surface area contributed by atoms with E-state index in [9.17, 15) is 9.59 Å². The SMILES string of the molecule is O=C(NC1CCN(C(=O)CCCCl)CC1)c1ccccc1S. The first-order valence-electron chi connectivity index (χ1n) is 7.54. The number of alkyl halides is 1. The van der Waals surface area contributed by atoms with Crippen LogP contribution in [0.3, 0.4) is 0 Å². The van der Waals surface area contributed by atoms with Gasteiger partial charge in [0.15, 0.2) is 0 Å². The molecule has 1 saturated heterocycles. The molecule has 2 amide bonds. The number of halogens is 1. The van der Waals surface area contributed by atoms with Gasteiger partial charge in [0.05, 0.1) is 5.56 Å². The molecule has 0 unspecified atom stereocenters. The summed E-state index contributed by atoms with van der Waals surface area (Å²) in [6, 6.07) is 7.35. The van der Waals surface area contributed by atoms with Crippen LogP contribution in [0.2, 0.25) is 0 Å². The molecule has 120 valence electrons. The fourth-order valence-electron chi connectivity index (χ4n) is 2.58. The van der Waals surface area contributed by atoms with Crippen LogP contribution in [0.1, 0.15) is 36.0 Å². The van der Waals surface area contributed by atoms with Crippen LogP contribution in [-0.2, 0) is 4.79 Å². The third-order valence-electron chi connectivity index (χ3n) is 3.86. The Hall–Kier alpha value is -1.20. The van der Waals surface area contributed by atoms with Gasteiger partial charge in [0.25, 0.3) is 5.91 Å². The van der Waals surface area contributed by atoms with Crippen molar-refractivity contribution in [2.45, 2.75) is 36.6 Å². The predicted octanol–water partition coefficient (Wildman–Crippen LogP) is 2.72. The second-order valence-corrected chi connectivity index (χ2v) is 6.30. The number of nitrogens with zero attached hydrogens (tertiary/aromatic N) is 1. The van der Waals surface area contributed by atoms with Crippen LogP contribution in [0, 0.1) is 0 Å². The lowest BCUT2D eigenvalue weighted by molar-refractivity contribution is -0.132. The van der Waals surface area contributed by atoms with Gasteiger partial charge in [-0.05, 0) is 31.4 Å². The Morgan fingerprint density at radius 3 is 2.59 bits per heavy atom. The van der Waals surface area contributed by atoms with Gasteiger partial charge in [-0.15, -0.1) is 24.2 Å². The van der Waals surface area contributed by atoms with Gasteiger partial charge in [0.1, 0.15) is 0 Å². The molecule has 1 aromatic rings. The molecule has 0 spiro atoms. The van der Waals surface area contributed by atoms with E-state index in [0.29, 0.717) is 35.8 Å². The van der Waals surface area contributed by atoms with Gasteiger partial charge in [-0.1, -0.05) is 12.1 Å². The number of piperidine rings is 1. The largest absolute Gasteiger partial charge is 0.349 e. The number of amides is 2. The second kappa shape index (κ2) is 8.44. The van der Waals surface area contributed by atoms with E-state index in [1.54, 1.807) is 12.1 Å². The molecule has 2 rings (SSSR count). The summed E-state index contributed by atoms with van der Waals surface area (Å²) in [6.07, 6.45) is 2.80. The minimum absolute atomic E-state index is 0.0995. The molecule has 1 heterocycles. The standard InChI is InChI=1S/C16H21ClN2O2S/c17-9-3-6-15(20)19-10-7-12(8-11-19)18-16(21)13-4-1-2-5-14(13)22/h1-2,4-5,12,22H,3,6-11H2,(H,18,21). The highest BCUT2D eigenvalue weighted by molar-refractivity contribution is 7.80. The highest BCUT2D eigenvalue weighted by Gasteiger charge is 2.24. The third kappa shape index (κ3) is 4.65. The average Bonchev–Trinajstić information content (AvgIpc) is 2.53. The summed E-state index contributed by atoms with van der Waals surface area (Å²) < 4.78 is 0. The van der Waals surface area contributed by atoms with Crippen molar-refractivity contribution < 1.29 is 9.59 Å². The number of hydrogen-bond acceptors (Lipinski definition) is 3. The number of nitrogens with one attached hydrogen (secondary N) is 1. The lowest BCUT2D eigenvalue weighted by Gasteiger charge is -2.32. The smallest absolute Gasteiger partial charge is 0.252 e. The van der Waals surface area contributed by atoms with Gasteiger partial charge < -0.3 is 10.2 Å². The summed E-state index contributed by atoms with van der Waals surface area (Å²) in [5.41, 5.74) is 0.589. The zero-order chi connectivity index (χ0) is 15.9. The number of hydrogen-bond donors (Lipinski definition) is 2. The summed E-state index contributed by atoms with van der Waals surface area (Å²) in [7, 11) is 0. The minimum Gasteiger partial charge on any atom is -0.349 e. The van der Waals surface area contributed by atoms with Crippen molar-refractivity contribution in [2.24, 2.45) is 0 Å². The van der Waals surface area contributed by atoms with Crippen LogP contribution in [0.25, 0.3) is 0 Å². The van der Waals surface area contributed by atoms with Crippen LogP contribution >= 0.6 is 24.2 Å². The van der Waals surface area contributed by atoms with Crippen LogP contribution < -0.4 is 5.32 Å². The third-order valence-corrected chi connectivity index (χ3v) is 4.51. The summed E-state index contributed by atoms with van der Waals surface area (Å²) in [6.45, 7) is 1.38. The first kappa shape index (κ1) is 17.2. The molecule has 4 nitrogen and oxygen atoms in total. The van der Waals surface area contributed by atoms with Crippen LogP contribution in [0.15, 0.2) is 29.2 Å². The summed E-state index contributed by atoms with van der Waals surface area (Å²) >= 11 is 9.92. The highest BCUT2D eigenvalue weighted by Crippen LogP contribution is 2.16. The van der Waals surface area contributed by atoms with Crippen LogP contribution in [0.5, 0.6) is 0 Å². The summed E-state index contributed by atoms with van der Waals surface area (Å²) in [5.74, 6) is 0.574. The molecule has 0 atom stereocenters. The number of carbonyl (C=O) groups is 2. The van der Waals surface area contributed by atoms with E-state index < -0.39 is 0 Å². The van der Waals surface area contributed by atoms with E-state index in [2.05, 4.69) is 17.9 Å². The summed E-state index contributed by atoms with van der Waals surface area (Å²) in [5, 5.41) is 3.03. The van der Waals surface area contributed by atoms with E-state index in [4.69, 9.17) is 11.6 Å². The average molecular weight is 341 g/mol. The summed E-state index contributed by atoms with van der Waals surface area (Å²) in [4.78, 5) is 26.7. The van der Waals surface area contributed by atoms with Gasteiger partial charge in [-0.2, -0.15) is 0 Å². The van der Waals surface area contributed by atoms with E-state index in [1.165, 1.54) is 0 Å². The Labute approximate surface area is 141 Å². The van der Waals surface area contributed by atoms with Crippen molar-refractivity contribution in [1.82, 2.24) is 10.2 Å². The molecule has 1 aliphatic heterocycles. The number of benzene rings is 1. The Bertz CT molecular complexity index is 531. The fraction of sp³-hybridized carbons (Fsp3) is 0.500. The van der Waals surface area contributed by atoms with E-state index in [0.717, 1.165) is 19.3 Å². The Kier molecular flexibility index (Phi) is 6.58. The predicted molar refractivity (Wildman–Crippen MR) is 90.7 cm³/mol. The maximum Gasteiger partial charge on any atom is 0.252 e. The zero-order valence-corrected chi connectivity index (χ0v) is 14.1. The van der Waals surface area contributed by atoms with Crippen molar-refractivity contribution in [3.05, 3.63) is 29.8 Å². The number of likely N-dealkylation sites (tertiary alicyclic amines) is 1. The number of carbonyl (C=O) groups excluding carboxylic acids is 2. The molecule has 1 aliphatic rings. The van der Waals surface area contributed by atoms with Crippen LogP contribution in [0.4, 0.5) is 0 Å². The van der Waals surface area contributed by atoms with Crippen molar-refractivity contribution in [3.8, 4) is 0 Å². The number of rotatable bonds is 5. The highest BCUT2D eigenvalue weighted by atomic mass is 35.5. The van der Waals surface area contributed by atoms with Gasteiger partial charge in [0, 0.05) is 36.3 Å². The zero-order valence-electron chi connectivity index (χ0n) is 12.4. The van der Waals surface area contributed by atoms with Crippen molar-refractivity contribution >= 4 is 36.0 Å². The molecule has 1 N–H and O–H groups in total. The number of thiol groups is 1. The molecular weight excluding hydrogens is 320 g/mol. The lowest BCUT2D eigenvalue weighted by Crippen LogP contribution is -2.46. The van der Waals surface area contributed by atoms with Gasteiger partial charge in [0.2, 0.25) is 5.91 Å². The molecule has 0 radical (unpaired) electrons. The molecule has 0 bridgehead atoms. The monoisotopic (exact) mass is 340 g/mol. The molecule has 0 aliphatic carbocycles. The molecule has 1 fully saturated rings. The first-order chi connectivity index (χ1) is 10.6. The molecule has 0 saturated carbocycles. The molecular formula is C16H21ClN2O2S. The minimum atomic E-state index is -0.0995. The van der Waals surface area contributed by atoms with Gasteiger partial charge in [-0.25, -0.2) is 0 Å². The van der Waals surface area contributed by atoms with Gasteiger partial charge >= 0.3 is 0 Å². The van der Waals surface area contributed by atoms with Gasteiger partial charge in [-0.3, -0.25) is 9.59 Å². The van der Waals surface area contributed by atoms with E-state index in [-0.39, 0.29) is 17.9 Å². The lowest BCUT2D eigenvalue weighted by atomic mass is 10.0. The molecule has 6 heteroatoms. The van der Waals surface area contributed by atoms with Crippen LogP contribution in [-0.4, -0.2) is 41.7 Å². The first-order valence-corrected chi connectivity index (χ1v) is 8.52. The van der Waals surface area contributed by atoms with Crippen molar-refractivity contribution in [1.29, 1.82) is 0 Å². The second-order valence-electron chi connectivity index (χ2n) is 5.44. The Morgan fingerprint density at radius 1 is 1.27 bits per heavy atom. The van der Waals surface area contributed by atoms with E-state index >= 15 is 0 Å². The quantitative estimate of drug-likeness (QED) is 0.639. The fourth-order valence-corrected chi connectivity index (χ4v) is 2.97. The normalized spacial score (nSPS) is 15.6. The Morgan fingerprint density at radius 2 is 1.95 bits per heavy atom. The molecule has 1 aromatic carbocycles. The maximum atomic E-state index is 12.2. The topological polar surface area (TPSA) is 49.4 Å². The maximum absolute atomic E-state index is 12.2. The van der Waals surface area contributed by atoms with Crippen molar-refractivity contribution in [3.63, 3.8) is 0 Å². The molecule has 0 aromatic heterocycles.